The lowest BCUT2D eigenvalue weighted by Crippen LogP contribution is -2.17. The van der Waals surface area contributed by atoms with E-state index in [9.17, 15) is 9.59 Å². The molecular weight excluding hydrogens is 366 g/mol. The zero-order valence-electron chi connectivity index (χ0n) is 16.7. The van der Waals surface area contributed by atoms with Crippen molar-refractivity contribution in [3.8, 4) is 5.75 Å². The van der Waals surface area contributed by atoms with E-state index in [2.05, 4.69) is 15.6 Å². The Morgan fingerprint density at radius 3 is 2.48 bits per heavy atom. The topological polar surface area (TPSA) is 80.3 Å². The van der Waals surface area contributed by atoms with E-state index in [1.807, 2.05) is 51.1 Å². The van der Waals surface area contributed by atoms with E-state index in [4.69, 9.17) is 4.74 Å². The molecule has 1 aromatic heterocycles. The van der Waals surface area contributed by atoms with Crippen LogP contribution in [0, 0.1) is 13.8 Å². The van der Waals surface area contributed by atoms with Gasteiger partial charge in [0.1, 0.15) is 11.4 Å². The van der Waals surface area contributed by atoms with Crippen LogP contribution in [0.15, 0.2) is 60.8 Å². The molecule has 0 unspecified atom stereocenters. The van der Waals surface area contributed by atoms with Crippen LogP contribution in [0.2, 0.25) is 0 Å². The average Bonchev–Trinajstić information content (AvgIpc) is 2.72. The minimum atomic E-state index is -0.372. The zero-order chi connectivity index (χ0) is 20.8. The highest BCUT2D eigenvalue weighted by atomic mass is 16.5. The van der Waals surface area contributed by atoms with Gasteiger partial charge in [0, 0.05) is 17.4 Å². The molecule has 0 aliphatic heterocycles. The van der Waals surface area contributed by atoms with Gasteiger partial charge in [-0.2, -0.15) is 0 Å². The summed E-state index contributed by atoms with van der Waals surface area (Å²) < 4.78 is 5.53. The molecule has 0 fully saturated rings. The molecule has 3 rings (SSSR count). The molecule has 0 atom stereocenters. The van der Waals surface area contributed by atoms with Crippen LogP contribution in [0.1, 0.15) is 38.9 Å². The second-order valence-electron chi connectivity index (χ2n) is 6.59. The molecule has 6 nitrogen and oxygen atoms in total. The number of ether oxygens (including phenoxy) is 1. The number of hydrogen-bond acceptors (Lipinski definition) is 4. The summed E-state index contributed by atoms with van der Waals surface area (Å²) in [7, 11) is 0. The molecule has 0 spiro atoms. The van der Waals surface area contributed by atoms with Crippen LogP contribution in [0.25, 0.3) is 0 Å². The van der Waals surface area contributed by atoms with Crippen LogP contribution in [0.4, 0.5) is 11.4 Å². The van der Waals surface area contributed by atoms with Crippen molar-refractivity contribution in [3.63, 3.8) is 0 Å². The van der Waals surface area contributed by atoms with Crippen molar-refractivity contribution < 1.29 is 14.3 Å². The van der Waals surface area contributed by atoms with Gasteiger partial charge in [-0.05, 0) is 62.2 Å². The summed E-state index contributed by atoms with van der Waals surface area (Å²) in [6.45, 7) is 6.24. The molecule has 148 valence electrons. The van der Waals surface area contributed by atoms with Gasteiger partial charge in [-0.3, -0.25) is 14.6 Å². The Hall–Kier alpha value is -3.67. The van der Waals surface area contributed by atoms with Crippen molar-refractivity contribution in [1.29, 1.82) is 0 Å². The van der Waals surface area contributed by atoms with Crippen LogP contribution >= 0.6 is 0 Å². The first-order valence-electron chi connectivity index (χ1n) is 9.35. The lowest BCUT2D eigenvalue weighted by Gasteiger charge is -2.12. The molecule has 1 heterocycles. The van der Waals surface area contributed by atoms with E-state index in [1.54, 1.807) is 18.2 Å². The zero-order valence-corrected chi connectivity index (χ0v) is 16.7. The molecule has 0 aliphatic rings. The van der Waals surface area contributed by atoms with Crippen molar-refractivity contribution >= 4 is 23.2 Å². The number of nitrogens with zero attached hydrogens (tertiary/aromatic N) is 1. The third kappa shape index (κ3) is 4.99. The van der Waals surface area contributed by atoms with Crippen molar-refractivity contribution in [2.24, 2.45) is 0 Å². The van der Waals surface area contributed by atoms with E-state index >= 15 is 0 Å². The van der Waals surface area contributed by atoms with Crippen molar-refractivity contribution in [3.05, 3.63) is 83.2 Å². The van der Waals surface area contributed by atoms with Gasteiger partial charge in [0.2, 0.25) is 0 Å². The first-order valence-corrected chi connectivity index (χ1v) is 9.35. The summed E-state index contributed by atoms with van der Waals surface area (Å²) in [6.07, 6.45) is 1.45. The molecule has 2 N–H and O–H groups in total. The average molecular weight is 389 g/mol. The van der Waals surface area contributed by atoms with Gasteiger partial charge in [0.05, 0.1) is 12.3 Å². The largest absolute Gasteiger partial charge is 0.492 e. The van der Waals surface area contributed by atoms with Crippen molar-refractivity contribution in [1.82, 2.24) is 4.98 Å². The summed E-state index contributed by atoms with van der Waals surface area (Å²) in [6, 6.07) is 16.1. The number of pyridine rings is 1. The summed E-state index contributed by atoms with van der Waals surface area (Å²) >= 11 is 0. The number of rotatable bonds is 6. The number of benzene rings is 2. The smallest absolute Gasteiger partial charge is 0.274 e. The Kier molecular flexibility index (Phi) is 6.24. The number of carbonyl (C=O) groups excluding carboxylic acids is 2. The Labute approximate surface area is 169 Å². The second kappa shape index (κ2) is 9.01. The third-order valence-electron chi connectivity index (χ3n) is 4.33. The van der Waals surface area contributed by atoms with Gasteiger partial charge in [0.15, 0.2) is 0 Å². The lowest BCUT2D eigenvalue weighted by atomic mass is 10.1. The molecule has 2 amide bonds. The van der Waals surface area contributed by atoms with Gasteiger partial charge in [-0.1, -0.05) is 24.3 Å². The number of aryl methyl sites for hydroxylation is 2. The molecular formula is C23H23N3O3. The van der Waals surface area contributed by atoms with E-state index in [-0.39, 0.29) is 17.5 Å². The predicted molar refractivity (Wildman–Crippen MR) is 114 cm³/mol. The molecule has 29 heavy (non-hydrogen) atoms. The SMILES string of the molecule is CCOc1ccccc1NC(=O)c1ccnc(C(=O)Nc2cc(C)ccc2C)c1. The van der Waals surface area contributed by atoms with E-state index < -0.39 is 0 Å². The molecule has 2 aromatic carbocycles. The van der Waals surface area contributed by atoms with Crippen LogP contribution in [-0.4, -0.2) is 23.4 Å². The summed E-state index contributed by atoms with van der Waals surface area (Å²) in [4.78, 5) is 29.4. The highest BCUT2D eigenvalue weighted by molar-refractivity contribution is 6.08. The van der Waals surface area contributed by atoms with Crippen LogP contribution in [-0.2, 0) is 0 Å². The van der Waals surface area contributed by atoms with Gasteiger partial charge in [0.25, 0.3) is 11.8 Å². The van der Waals surface area contributed by atoms with Crippen LogP contribution in [0.3, 0.4) is 0 Å². The minimum absolute atomic E-state index is 0.164. The van der Waals surface area contributed by atoms with Crippen molar-refractivity contribution in [2.75, 3.05) is 17.2 Å². The normalized spacial score (nSPS) is 10.3. The summed E-state index contributed by atoms with van der Waals surface area (Å²) in [5.74, 6) is -0.131. The highest BCUT2D eigenvalue weighted by Gasteiger charge is 2.14. The third-order valence-corrected chi connectivity index (χ3v) is 4.33. The number of carbonyl (C=O) groups is 2. The molecule has 0 radical (unpaired) electrons. The van der Waals surface area contributed by atoms with E-state index in [1.165, 1.54) is 12.3 Å². The summed E-state index contributed by atoms with van der Waals surface area (Å²) in [5, 5.41) is 5.68. The maximum atomic E-state index is 12.7. The lowest BCUT2D eigenvalue weighted by molar-refractivity contribution is 0.102. The van der Waals surface area contributed by atoms with Gasteiger partial charge in [-0.25, -0.2) is 0 Å². The Balaban J connectivity index is 1.77. The number of hydrogen-bond donors (Lipinski definition) is 2. The van der Waals surface area contributed by atoms with Crippen LogP contribution < -0.4 is 15.4 Å². The highest BCUT2D eigenvalue weighted by Crippen LogP contribution is 2.24. The maximum absolute atomic E-state index is 12.7. The fourth-order valence-electron chi connectivity index (χ4n) is 2.80. The molecule has 0 saturated carbocycles. The number of amides is 2. The maximum Gasteiger partial charge on any atom is 0.274 e. The van der Waals surface area contributed by atoms with Gasteiger partial charge < -0.3 is 15.4 Å². The predicted octanol–water partition coefficient (Wildman–Crippen LogP) is 4.60. The van der Waals surface area contributed by atoms with Gasteiger partial charge >= 0.3 is 0 Å². The minimum Gasteiger partial charge on any atom is -0.492 e. The fraction of sp³-hybridized carbons (Fsp3) is 0.174. The molecule has 0 bridgehead atoms. The molecule has 6 heteroatoms. The molecule has 0 aliphatic carbocycles. The van der Waals surface area contributed by atoms with Crippen LogP contribution in [0.5, 0.6) is 5.75 Å². The Bertz CT molecular complexity index is 1050. The second-order valence-corrected chi connectivity index (χ2v) is 6.59. The number of nitrogens with one attached hydrogen (secondary N) is 2. The Morgan fingerprint density at radius 1 is 0.931 bits per heavy atom. The monoisotopic (exact) mass is 389 g/mol. The molecule has 0 saturated heterocycles. The Morgan fingerprint density at radius 2 is 1.69 bits per heavy atom. The van der Waals surface area contributed by atoms with E-state index in [0.717, 1.165) is 16.8 Å². The number of aromatic nitrogens is 1. The first-order chi connectivity index (χ1) is 14.0. The fourth-order valence-corrected chi connectivity index (χ4v) is 2.80. The van der Waals surface area contributed by atoms with Crippen molar-refractivity contribution in [2.45, 2.75) is 20.8 Å². The number of anilines is 2. The first kappa shape index (κ1) is 20.1. The van der Waals surface area contributed by atoms with E-state index in [0.29, 0.717) is 23.6 Å². The number of para-hydroxylation sites is 2. The summed E-state index contributed by atoms with van der Waals surface area (Å²) in [5.41, 5.74) is 3.77. The molecule has 3 aromatic rings. The van der Waals surface area contributed by atoms with Gasteiger partial charge in [-0.15, -0.1) is 0 Å². The quantitative estimate of drug-likeness (QED) is 0.646. The standard InChI is InChI=1S/C23H23N3O3/c1-4-29-21-8-6-5-7-18(21)25-22(27)17-11-12-24-20(14-17)23(28)26-19-13-15(2)9-10-16(19)3/h5-14H,4H2,1-3H3,(H,25,27)(H,26,28).